The van der Waals surface area contributed by atoms with Crippen LogP contribution in [0.3, 0.4) is 0 Å². The first-order valence-corrected chi connectivity index (χ1v) is 8.09. The Morgan fingerprint density at radius 1 is 0.947 bits per heavy atom. The summed E-state index contributed by atoms with van der Waals surface area (Å²) >= 11 is 0. The van der Waals surface area contributed by atoms with E-state index in [1.54, 1.807) is 0 Å². The summed E-state index contributed by atoms with van der Waals surface area (Å²) in [5.74, 6) is 0.532. The van der Waals surface area contributed by atoms with Crippen molar-refractivity contribution < 1.29 is 4.79 Å². The molecule has 104 valence electrons. The maximum atomic E-state index is 12.3. The Balaban J connectivity index is 1.96. The zero-order chi connectivity index (χ0) is 13.5. The van der Waals surface area contributed by atoms with E-state index in [0.717, 1.165) is 12.8 Å². The molecule has 0 aromatic heterocycles. The minimum absolute atomic E-state index is 0.280. The van der Waals surface area contributed by atoms with E-state index in [1.807, 2.05) is 0 Å². The highest BCUT2D eigenvalue weighted by atomic mass is 16.1. The van der Waals surface area contributed by atoms with Crippen molar-refractivity contribution in [2.75, 3.05) is 0 Å². The summed E-state index contributed by atoms with van der Waals surface area (Å²) in [5, 5.41) is 0. The van der Waals surface area contributed by atoms with Gasteiger partial charge in [-0.1, -0.05) is 26.0 Å². The number of hydrogen-bond donors (Lipinski definition) is 0. The first-order chi connectivity index (χ1) is 8.89. The number of rotatable bonds is 0. The molecule has 0 radical (unpaired) electrons. The van der Waals surface area contributed by atoms with Gasteiger partial charge in [0.05, 0.1) is 0 Å². The molecule has 19 heavy (non-hydrogen) atoms. The van der Waals surface area contributed by atoms with Crippen LogP contribution >= 0.6 is 0 Å². The summed E-state index contributed by atoms with van der Waals surface area (Å²) in [7, 11) is 0. The van der Waals surface area contributed by atoms with Crippen molar-refractivity contribution in [3.8, 4) is 0 Å². The van der Waals surface area contributed by atoms with Gasteiger partial charge in [0.1, 0.15) is 5.78 Å². The fourth-order valence-corrected chi connectivity index (χ4v) is 7.28. The average Bonchev–Trinajstić information content (AvgIpc) is 2.82. The molecule has 0 aromatic rings. The van der Waals surface area contributed by atoms with Crippen molar-refractivity contribution in [2.24, 2.45) is 21.7 Å². The molecule has 0 aliphatic heterocycles. The van der Waals surface area contributed by atoms with E-state index in [2.05, 4.69) is 20.4 Å². The van der Waals surface area contributed by atoms with Crippen LogP contribution in [-0.4, -0.2) is 5.78 Å². The van der Waals surface area contributed by atoms with Crippen LogP contribution in [0.4, 0.5) is 0 Å². The summed E-state index contributed by atoms with van der Waals surface area (Å²) in [4.78, 5) is 12.3. The van der Waals surface area contributed by atoms with Crippen molar-refractivity contribution in [1.82, 2.24) is 0 Å². The van der Waals surface area contributed by atoms with Gasteiger partial charge in [-0.25, -0.2) is 0 Å². The molecular weight excluding hydrogens is 232 g/mol. The second-order valence-electron chi connectivity index (χ2n) is 8.46. The highest BCUT2D eigenvalue weighted by molar-refractivity contribution is 5.84. The van der Waals surface area contributed by atoms with Crippen molar-refractivity contribution in [2.45, 2.75) is 71.6 Å². The van der Waals surface area contributed by atoms with E-state index in [0.29, 0.717) is 16.6 Å². The van der Waals surface area contributed by atoms with Crippen LogP contribution in [0.25, 0.3) is 0 Å². The zero-order valence-corrected chi connectivity index (χ0v) is 12.5. The third-order valence-electron chi connectivity index (χ3n) is 8.05. The van der Waals surface area contributed by atoms with Gasteiger partial charge in [-0.2, -0.15) is 0 Å². The highest BCUT2D eigenvalue weighted by Crippen LogP contribution is 2.84. The van der Waals surface area contributed by atoms with Crippen LogP contribution in [0.15, 0.2) is 12.2 Å². The average molecular weight is 258 g/mol. The Bertz CT molecular complexity index is 492. The molecule has 4 atom stereocenters. The van der Waals surface area contributed by atoms with Crippen molar-refractivity contribution in [3.05, 3.63) is 12.2 Å². The number of Topliss-reactive ketones (excluding diaryl/α,β-unsaturated/α-hetero) is 1. The van der Waals surface area contributed by atoms with E-state index in [9.17, 15) is 4.79 Å². The summed E-state index contributed by atoms with van der Waals surface area (Å²) in [6.45, 7) is 9.47. The smallest absolute Gasteiger partial charge is 0.134 e. The van der Waals surface area contributed by atoms with Gasteiger partial charge in [0, 0.05) is 18.3 Å². The highest BCUT2D eigenvalue weighted by Gasteiger charge is 2.77. The molecule has 0 bridgehead atoms. The molecule has 2 unspecified atom stereocenters. The van der Waals surface area contributed by atoms with Crippen molar-refractivity contribution >= 4 is 5.78 Å². The van der Waals surface area contributed by atoms with Crippen LogP contribution < -0.4 is 0 Å². The molecule has 2 spiro atoms. The van der Waals surface area contributed by atoms with Gasteiger partial charge in [-0.05, 0) is 61.2 Å². The summed E-state index contributed by atoms with van der Waals surface area (Å²) in [6, 6.07) is 0. The van der Waals surface area contributed by atoms with Crippen molar-refractivity contribution in [3.63, 3.8) is 0 Å². The number of carbonyl (C=O) groups excluding carboxylic acids is 1. The summed E-state index contributed by atoms with van der Waals surface area (Å²) in [6.07, 6.45) is 10.8. The number of hydrogen-bond acceptors (Lipinski definition) is 1. The third kappa shape index (κ3) is 1.03. The predicted molar refractivity (Wildman–Crippen MR) is 76.8 cm³/mol. The molecule has 0 saturated heterocycles. The number of ketones is 1. The lowest BCUT2D eigenvalue weighted by Crippen LogP contribution is -2.48. The van der Waals surface area contributed by atoms with E-state index >= 15 is 0 Å². The molecule has 4 rings (SSSR count). The Labute approximate surface area is 116 Å². The van der Waals surface area contributed by atoms with Crippen LogP contribution in [0.2, 0.25) is 0 Å². The monoisotopic (exact) mass is 258 g/mol. The molecule has 0 heterocycles. The molecule has 4 fully saturated rings. The maximum absolute atomic E-state index is 12.3. The molecule has 0 amide bonds. The Morgan fingerprint density at radius 2 is 1.68 bits per heavy atom. The van der Waals surface area contributed by atoms with E-state index in [1.165, 1.54) is 50.5 Å². The first-order valence-electron chi connectivity index (χ1n) is 8.09. The van der Waals surface area contributed by atoms with E-state index in [4.69, 9.17) is 0 Å². The van der Waals surface area contributed by atoms with Crippen LogP contribution in [-0.2, 0) is 4.79 Å². The van der Waals surface area contributed by atoms with Gasteiger partial charge in [-0.15, -0.1) is 0 Å². The quantitative estimate of drug-likeness (QED) is 0.577. The van der Waals surface area contributed by atoms with Gasteiger partial charge in [0.2, 0.25) is 0 Å². The fraction of sp³-hybridized carbons (Fsp3) is 0.833. The van der Waals surface area contributed by atoms with Crippen LogP contribution in [0.1, 0.15) is 71.6 Å². The molecule has 4 aliphatic rings. The van der Waals surface area contributed by atoms with Crippen LogP contribution in [0.5, 0.6) is 0 Å². The van der Waals surface area contributed by atoms with Gasteiger partial charge >= 0.3 is 0 Å². The molecule has 4 saturated carbocycles. The van der Waals surface area contributed by atoms with Crippen LogP contribution in [0, 0.1) is 21.7 Å². The van der Waals surface area contributed by atoms with E-state index < -0.39 is 0 Å². The normalized spacial score (nSPS) is 56.1. The number of allylic oxidation sites excluding steroid dienone is 1. The largest absolute Gasteiger partial charge is 0.300 e. The Hall–Kier alpha value is -0.590. The summed E-state index contributed by atoms with van der Waals surface area (Å²) in [5.41, 5.74) is 2.81. The van der Waals surface area contributed by atoms with E-state index in [-0.39, 0.29) is 10.8 Å². The Morgan fingerprint density at radius 3 is 2.47 bits per heavy atom. The second-order valence-corrected chi connectivity index (χ2v) is 8.46. The van der Waals surface area contributed by atoms with Gasteiger partial charge in [0.15, 0.2) is 0 Å². The minimum Gasteiger partial charge on any atom is -0.300 e. The zero-order valence-electron chi connectivity index (χ0n) is 12.5. The van der Waals surface area contributed by atoms with Crippen molar-refractivity contribution in [1.29, 1.82) is 0 Å². The van der Waals surface area contributed by atoms with Gasteiger partial charge < -0.3 is 0 Å². The third-order valence-corrected chi connectivity index (χ3v) is 8.05. The molecule has 1 nitrogen and oxygen atoms in total. The molecule has 0 N–H and O–H groups in total. The molecular formula is C18H26O. The topological polar surface area (TPSA) is 17.1 Å². The lowest BCUT2D eigenvalue weighted by Gasteiger charge is -2.55. The lowest BCUT2D eigenvalue weighted by atomic mass is 9.48. The SMILES string of the molecule is C=C1CCCC2(C)CCC34CC(=O)C[C@@]3(C)CC[C@]124. The fourth-order valence-electron chi connectivity index (χ4n) is 7.28. The molecule has 0 aromatic carbocycles. The van der Waals surface area contributed by atoms with Gasteiger partial charge in [-0.3, -0.25) is 4.79 Å². The van der Waals surface area contributed by atoms with Gasteiger partial charge in [0.25, 0.3) is 0 Å². The Kier molecular flexibility index (Phi) is 2.04. The second kappa shape index (κ2) is 3.18. The minimum atomic E-state index is 0.280. The molecule has 1 heteroatoms. The predicted octanol–water partition coefficient (Wildman–Crippen LogP) is 4.66. The first kappa shape index (κ1) is 12.2. The number of carbonyl (C=O) groups is 1. The summed E-state index contributed by atoms with van der Waals surface area (Å²) < 4.78 is 0. The molecule has 4 aliphatic carbocycles. The standard InChI is InChI=1S/C18H26O/c1-13-5-4-6-15(2)7-9-17-12-14(19)11-16(17,3)8-10-18(13,15)17/h1,4-12H2,2-3H3/t15?,16-,17?,18+/m1/s1. The maximum Gasteiger partial charge on any atom is 0.134 e. The lowest BCUT2D eigenvalue weighted by molar-refractivity contribution is -0.119.